The molecule has 109 valence electrons. The van der Waals surface area contributed by atoms with Crippen molar-refractivity contribution < 1.29 is 4.39 Å². The van der Waals surface area contributed by atoms with Crippen molar-refractivity contribution in [1.29, 1.82) is 0 Å². The summed E-state index contributed by atoms with van der Waals surface area (Å²) in [6.07, 6.45) is 0.984. The van der Waals surface area contributed by atoms with Crippen molar-refractivity contribution in [3.05, 3.63) is 96.3 Å². The largest absolute Gasteiger partial charge is 0.207 e. The van der Waals surface area contributed by atoms with Gasteiger partial charge in [-0.2, -0.15) is 0 Å². The van der Waals surface area contributed by atoms with Gasteiger partial charge in [0.25, 0.3) is 0 Å². The Labute approximate surface area is 132 Å². The van der Waals surface area contributed by atoms with Crippen LogP contribution in [0, 0.1) is 5.82 Å². The molecule has 0 aliphatic carbocycles. The monoisotopic (exact) mass is 305 g/mol. The SMILES string of the molecule is Fc1ccc(CC[Si](c2ccccc2)c2ccccc2)cc1. The molecule has 0 nitrogen and oxygen atoms in total. The first-order chi connectivity index (χ1) is 10.8. The second-order valence-electron chi connectivity index (χ2n) is 5.34. The van der Waals surface area contributed by atoms with E-state index in [1.54, 1.807) is 12.1 Å². The van der Waals surface area contributed by atoms with Crippen molar-refractivity contribution in [3.8, 4) is 0 Å². The number of rotatable bonds is 5. The Morgan fingerprint density at radius 2 is 1.14 bits per heavy atom. The lowest BCUT2D eigenvalue weighted by molar-refractivity contribution is 0.627. The lowest BCUT2D eigenvalue weighted by Gasteiger charge is -2.16. The molecule has 3 rings (SSSR count). The summed E-state index contributed by atoms with van der Waals surface area (Å²) in [7, 11) is -0.801. The Hall–Kier alpha value is -2.19. The molecule has 3 aromatic carbocycles. The first kappa shape index (κ1) is 14.7. The van der Waals surface area contributed by atoms with Crippen LogP contribution in [0.4, 0.5) is 4.39 Å². The fourth-order valence-electron chi connectivity index (χ4n) is 2.65. The zero-order chi connectivity index (χ0) is 15.2. The van der Waals surface area contributed by atoms with Crippen molar-refractivity contribution in [2.75, 3.05) is 0 Å². The number of hydrogen-bond acceptors (Lipinski definition) is 0. The van der Waals surface area contributed by atoms with Crippen molar-refractivity contribution in [2.45, 2.75) is 12.5 Å². The van der Waals surface area contributed by atoms with Crippen molar-refractivity contribution >= 4 is 19.2 Å². The third kappa shape index (κ3) is 3.71. The second kappa shape index (κ2) is 7.19. The summed E-state index contributed by atoms with van der Waals surface area (Å²) in [6.45, 7) is 0. The van der Waals surface area contributed by atoms with Gasteiger partial charge in [0.1, 0.15) is 14.6 Å². The van der Waals surface area contributed by atoms with Gasteiger partial charge in [-0.3, -0.25) is 0 Å². The molecule has 3 aromatic rings. The Morgan fingerprint density at radius 3 is 1.64 bits per heavy atom. The summed E-state index contributed by atoms with van der Waals surface area (Å²) >= 11 is 0. The lowest BCUT2D eigenvalue weighted by atomic mass is 10.2. The molecule has 0 N–H and O–H groups in total. The molecule has 1 radical (unpaired) electrons. The molecule has 0 fully saturated rings. The predicted molar refractivity (Wildman–Crippen MR) is 92.8 cm³/mol. The molecule has 0 aromatic heterocycles. The molecule has 0 heterocycles. The number of halogens is 1. The molecule has 0 saturated heterocycles. The third-order valence-electron chi connectivity index (χ3n) is 3.82. The molecule has 0 aliphatic rings. The van der Waals surface area contributed by atoms with Crippen LogP contribution in [0.1, 0.15) is 5.56 Å². The highest BCUT2D eigenvalue weighted by atomic mass is 28.3. The highest BCUT2D eigenvalue weighted by molar-refractivity contribution is 6.85. The van der Waals surface area contributed by atoms with E-state index in [1.807, 2.05) is 12.1 Å². The standard InChI is InChI=1S/C20H18FSi/c21-18-13-11-17(12-14-18)15-16-22(19-7-3-1-4-8-19)20-9-5-2-6-10-20/h1-14H,15-16H2. The normalized spacial score (nSPS) is 10.8. The van der Waals surface area contributed by atoms with E-state index in [-0.39, 0.29) is 5.82 Å². The molecule has 22 heavy (non-hydrogen) atoms. The van der Waals surface area contributed by atoms with Crippen LogP contribution in [-0.2, 0) is 6.42 Å². The number of benzene rings is 3. The van der Waals surface area contributed by atoms with Crippen LogP contribution >= 0.6 is 0 Å². The van der Waals surface area contributed by atoms with E-state index < -0.39 is 8.80 Å². The zero-order valence-corrected chi connectivity index (χ0v) is 13.4. The van der Waals surface area contributed by atoms with E-state index in [1.165, 1.54) is 15.9 Å². The fraction of sp³-hybridized carbons (Fsp3) is 0.100. The maximum atomic E-state index is 13.0. The lowest BCUT2D eigenvalue weighted by Crippen LogP contribution is -2.42. The van der Waals surface area contributed by atoms with Crippen LogP contribution in [0.3, 0.4) is 0 Å². The van der Waals surface area contributed by atoms with Crippen LogP contribution in [0.25, 0.3) is 0 Å². The topological polar surface area (TPSA) is 0 Å². The molecule has 0 bridgehead atoms. The highest BCUT2D eigenvalue weighted by Crippen LogP contribution is 2.08. The quantitative estimate of drug-likeness (QED) is 0.631. The third-order valence-corrected chi connectivity index (χ3v) is 6.63. The Kier molecular flexibility index (Phi) is 4.81. The van der Waals surface area contributed by atoms with Gasteiger partial charge in [0, 0.05) is 0 Å². The summed E-state index contributed by atoms with van der Waals surface area (Å²) in [5.74, 6) is -0.166. The average molecular weight is 305 g/mol. The molecule has 0 aliphatic heterocycles. The van der Waals surface area contributed by atoms with Gasteiger partial charge in [0.05, 0.1) is 0 Å². The minimum absolute atomic E-state index is 0.166. The Bertz CT molecular complexity index is 653. The van der Waals surface area contributed by atoms with Gasteiger partial charge >= 0.3 is 0 Å². The van der Waals surface area contributed by atoms with Gasteiger partial charge < -0.3 is 0 Å². The zero-order valence-electron chi connectivity index (χ0n) is 12.4. The van der Waals surface area contributed by atoms with E-state index in [2.05, 4.69) is 60.7 Å². The fourth-order valence-corrected chi connectivity index (χ4v) is 5.29. The molecular weight excluding hydrogens is 287 g/mol. The number of aryl methyl sites for hydroxylation is 1. The maximum Gasteiger partial charge on any atom is 0.123 e. The van der Waals surface area contributed by atoms with Crippen molar-refractivity contribution in [1.82, 2.24) is 0 Å². The molecule has 0 amide bonds. The first-order valence-corrected chi connectivity index (χ1v) is 9.25. The number of hydrogen-bond donors (Lipinski definition) is 0. The molecule has 0 saturated carbocycles. The van der Waals surface area contributed by atoms with Gasteiger partial charge in [-0.1, -0.05) is 83.2 Å². The van der Waals surface area contributed by atoms with Crippen LogP contribution in [0.2, 0.25) is 6.04 Å². The summed E-state index contributed by atoms with van der Waals surface area (Å²) in [5.41, 5.74) is 1.20. The van der Waals surface area contributed by atoms with E-state index in [0.717, 1.165) is 12.5 Å². The van der Waals surface area contributed by atoms with Gasteiger partial charge in [-0.25, -0.2) is 4.39 Å². The Morgan fingerprint density at radius 1 is 0.636 bits per heavy atom. The van der Waals surface area contributed by atoms with Gasteiger partial charge in [-0.05, 0) is 30.2 Å². The predicted octanol–water partition coefficient (Wildman–Crippen LogP) is 3.68. The molecule has 0 unspecified atom stereocenters. The van der Waals surface area contributed by atoms with E-state index >= 15 is 0 Å². The minimum atomic E-state index is -0.801. The van der Waals surface area contributed by atoms with Crippen molar-refractivity contribution in [3.63, 3.8) is 0 Å². The highest BCUT2D eigenvalue weighted by Gasteiger charge is 2.16. The Balaban J connectivity index is 1.81. The van der Waals surface area contributed by atoms with Gasteiger partial charge in [0.2, 0.25) is 0 Å². The van der Waals surface area contributed by atoms with Crippen LogP contribution in [0.15, 0.2) is 84.9 Å². The van der Waals surface area contributed by atoms with Gasteiger partial charge in [0.15, 0.2) is 0 Å². The summed E-state index contributed by atoms with van der Waals surface area (Å²) in [4.78, 5) is 0. The molecule has 0 spiro atoms. The van der Waals surface area contributed by atoms with E-state index in [9.17, 15) is 4.39 Å². The van der Waals surface area contributed by atoms with E-state index in [0.29, 0.717) is 0 Å². The average Bonchev–Trinajstić information content (AvgIpc) is 2.59. The smallest absolute Gasteiger partial charge is 0.123 e. The van der Waals surface area contributed by atoms with Crippen LogP contribution < -0.4 is 10.4 Å². The van der Waals surface area contributed by atoms with Crippen LogP contribution in [-0.4, -0.2) is 8.80 Å². The van der Waals surface area contributed by atoms with Gasteiger partial charge in [-0.15, -0.1) is 0 Å². The summed E-state index contributed by atoms with van der Waals surface area (Å²) in [6, 6.07) is 29.5. The van der Waals surface area contributed by atoms with Crippen LogP contribution in [0.5, 0.6) is 0 Å². The molecule has 0 atom stereocenters. The second-order valence-corrected chi connectivity index (χ2v) is 7.95. The van der Waals surface area contributed by atoms with E-state index in [4.69, 9.17) is 0 Å². The minimum Gasteiger partial charge on any atom is -0.207 e. The van der Waals surface area contributed by atoms with Crippen molar-refractivity contribution in [2.24, 2.45) is 0 Å². The molecular formula is C20H18FSi. The summed E-state index contributed by atoms with van der Waals surface area (Å²) in [5, 5.41) is 2.86. The first-order valence-electron chi connectivity index (χ1n) is 7.54. The maximum absolute atomic E-state index is 13.0. The molecule has 2 heteroatoms. The summed E-state index contributed by atoms with van der Waals surface area (Å²) < 4.78 is 13.0.